The number of rotatable bonds is 2. The SMILES string of the molecule is CN(C(=O)C=O)c1ccc(Br)s1. The van der Waals surface area contributed by atoms with Crippen molar-refractivity contribution in [2.24, 2.45) is 0 Å². The van der Waals surface area contributed by atoms with E-state index in [-0.39, 0.29) is 0 Å². The lowest BCUT2D eigenvalue weighted by atomic mass is 10.5. The van der Waals surface area contributed by atoms with Gasteiger partial charge in [0.2, 0.25) is 6.29 Å². The summed E-state index contributed by atoms with van der Waals surface area (Å²) in [6, 6.07) is 3.60. The van der Waals surface area contributed by atoms with E-state index in [2.05, 4.69) is 15.9 Å². The molecule has 0 saturated heterocycles. The molecular formula is C7H6BrNO2S. The number of halogens is 1. The number of hydrogen-bond acceptors (Lipinski definition) is 3. The van der Waals surface area contributed by atoms with Crippen LogP contribution in [0.4, 0.5) is 5.00 Å². The Bertz CT molecular complexity index is 310. The molecule has 1 aromatic rings. The number of likely N-dealkylation sites (N-methyl/N-ethyl adjacent to an activating group) is 1. The summed E-state index contributed by atoms with van der Waals surface area (Å²) in [6.07, 6.45) is 0.299. The molecule has 12 heavy (non-hydrogen) atoms. The second kappa shape index (κ2) is 3.82. The van der Waals surface area contributed by atoms with Crippen molar-refractivity contribution in [2.45, 2.75) is 0 Å². The maximum atomic E-state index is 10.9. The molecule has 1 aromatic heterocycles. The van der Waals surface area contributed by atoms with Crippen LogP contribution in [0.2, 0.25) is 0 Å². The van der Waals surface area contributed by atoms with Gasteiger partial charge in [0, 0.05) is 7.05 Å². The highest BCUT2D eigenvalue weighted by atomic mass is 79.9. The molecule has 0 bridgehead atoms. The molecule has 0 N–H and O–H groups in total. The van der Waals surface area contributed by atoms with E-state index in [0.717, 1.165) is 8.79 Å². The first kappa shape index (κ1) is 9.41. The number of aldehydes is 1. The van der Waals surface area contributed by atoms with Crippen molar-refractivity contribution in [2.75, 3.05) is 11.9 Å². The van der Waals surface area contributed by atoms with E-state index in [4.69, 9.17) is 0 Å². The van der Waals surface area contributed by atoms with Gasteiger partial charge in [-0.2, -0.15) is 0 Å². The van der Waals surface area contributed by atoms with Gasteiger partial charge in [-0.05, 0) is 28.1 Å². The molecule has 0 aliphatic carbocycles. The minimum absolute atomic E-state index is 0.299. The van der Waals surface area contributed by atoms with Crippen LogP contribution in [0.25, 0.3) is 0 Å². The van der Waals surface area contributed by atoms with Crippen molar-refractivity contribution in [3.8, 4) is 0 Å². The number of anilines is 1. The third kappa shape index (κ3) is 1.92. The molecule has 0 aromatic carbocycles. The maximum absolute atomic E-state index is 10.9. The third-order valence-corrected chi connectivity index (χ3v) is 3.02. The van der Waals surface area contributed by atoms with Crippen molar-refractivity contribution < 1.29 is 9.59 Å². The summed E-state index contributed by atoms with van der Waals surface area (Å²) in [7, 11) is 1.56. The van der Waals surface area contributed by atoms with E-state index in [0.29, 0.717) is 6.29 Å². The molecule has 0 radical (unpaired) electrons. The van der Waals surface area contributed by atoms with Gasteiger partial charge >= 0.3 is 0 Å². The zero-order valence-corrected chi connectivity index (χ0v) is 8.68. The molecular weight excluding hydrogens is 242 g/mol. The highest BCUT2D eigenvalue weighted by molar-refractivity contribution is 9.11. The first-order valence-electron chi connectivity index (χ1n) is 3.13. The molecule has 0 aliphatic heterocycles. The van der Waals surface area contributed by atoms with E-state index in [1.165, 1.54) is 16.2 Å². The van der Waals surface area contributed by atoms with Gasteiger partial charge in [0.1, 0.15) is 0 Å². The molecule has 0 unspecified atom stereocenters. The number of carbonyl (C=O) groups excluding carboxylic acids is 2. The van der Waals surface area contributed by atoms with E-state index in [1.54, 1.807) is 13.1 Å². The third-order valence-electron chi connectivity index (χ3n) is 1.32. The molecule has 1 amide bonds. The normalized spacial score (nSPS) is 9.50. The lowest BCUT2D eigenvalue weighted by molar-refractivity contribution is -0.129. The van der Waals surface area contributed by atoms with Crippen molar-refractivity contribution in [3.05, 3.63) is 15.9 Å². The van der Waals surface area contributed by atoms with Gasteiger partial charge < -0.3 is 4.90 Å². The fraction of sp³-hybridized carbons (Fsp3) is 0.143. The molecule has 1 heterocycles. The minimum atomic E-state index is -0.538. The fourth-order valence-corrected chi connectivity index (χ4v) is 2.00. The molecule has 0 saturated carbocycles. The Morgan fingerprint density at radius 3 is 2.75 bits per heavy atom. The van der Waals surface area contributed by atoms with Gasteiger partial charge in [0.05, 0.1) is 8.79 Å². The minimum Gasteiger partial charge on any atom is -0.300 e. The van der Waals surface area contributed by atoms with Crippen molar-refractivity contribution >= 4 is 44.5 Å². The molecule has 64 valence electrons. The molecule has 0 atom stereocenters. The fourth-order valence-electron chi connectivity index (χ4n) is 0.673. The van der Waals surface area contributed by atoms with Gasteiger partial charge in [-0.1, -0.05) is 0 Å². The van der Waals surface area contributed by atoms with E-state index < -0.39 is 5.91 Å². The first-order valence-corrected chi connectivity index (χ1v) is 4.74. The van der Waals surface area contributed by atoms with Gasteiger partial charge in [0.25, 0.3) is 5.91 Å². The average Bonchev–Trinajstić information content (AvgIpc) is 2.49. The lowest BCUT2D eigenvalue weighted by Crippen LogP contribution is -2.25. The number of hydrogen-bond donors (Lipinski definition) is 0. The summed E-state index contributed by atoms with van der Waals surface area (Å²) in [5.74, 6) is -0.538. The van der Waals surface area contributed by atoms with Crippen LogP contribution in [0.5, 0.6) is 0 Å². The number of carbonyl (C=O) groups is 2. The average molecular weight is 248 g/mol. The largest absolute Gasteiger partial charge is 0.300 e. The number of amides is 1. The van der Waals surface area contributed by atoms with Crippen LogP contribution < -0.4 is 4.90 Å². The quantitative estimate of drug-likeness (QED) is 0.589. The molecule has 0 fully saturated rings. The smallest absolute Gasteiger partial charge is 0.291 e. The van der Waals surface area contributed by atoms with Gasteiger partial charge in [-0.25, -0.2) is 0 Å². The second-order valence-electron chi connectivity index (χ2n) is 2.09. The monoisotopic (exact) mass is 247 g/mol. The van der Waals surface area contributed by atoms with E-state index in [9.17, 15) is 9.59 Å². The van der Waals surface area contributed by atoms with E-state index >= 15 is 0 Å². The van der Waals surface area contributed by atoms with Crippen LogP contribution in [0, 0.1) is 0 Å². The highest BCUT2D eigenvalue weighted by Gasteiger charge is 2.10. The standard InChI is InChI=1S/C7H6BrNO2S/c1-9(6(11)4-10)7-3-2-5(8)12-7/h2-4H,1H3. The van der Waals surface area contributed by atoms with Gasteiger partial charge in [-0.15, -0.1) is 11.3 Å². The highest BCUT2D eigenvalue weighted by Crippen LogP contribution is 2.28. The lowest BCUT2D eigenvalue weighted by Gasteiger charge is -2.09. The summed E-state index contributed by atoms with van der Waals surface area (Å²) in [6.45, 7) is 0. The van der Waals surface area contributed by atoms with Crippen LogP contribution in [0.3, 0.4) is 0 Å². The first-order chi connectivity index (χ1) is 5.65. The second-order valence-corrected chi connectivity index (χ2v) is 4.53. The predicted octanol–water partition coefficient (Wildman–Crippen LogP) is 1.67. The Balaban J connectivity index is 2.84. The van der Waals surface area contributed by atoms with Crippen LogP contribution >= 0.6 is 27.3 Å². The predicted molar refractivity (Wildman–Crippen MR) is 51.5 cm³/mol. The Kier molecular flexibility index (Phi) is 2.99. The Hall–Kier alpha value is -0.680. The van der Waals surface area contributed by atoms with Crippen LogP contribution in [0.1, 0.15) is 0 Å². The molecule has 1 rings (SSSR count). The van der Waals surface area contributed by atoms with Crippen molar-refractivity contribution in [3.63, 3.8) is 0 Å². The Morgan fingerprint density at radius 2 is 2.33 bits per heavy atom. The molecule has 0 aliphatic rings. The molecule has 3 nitrogen and oxygen atoms in total. The van der Waals surface area contributed by atoms with Crippen molar-refractivity contribution in [1.82, 2.24) is 0 Å². The number of nitrogens with zero attached hydrogens (tertiary/aromatic N) is 1. The van der Waals surface area contributed by atoms with E-state index in [1.807, 2.05) is 6.07 Å². The maximum Gasteiger partial charge on any atom is 0.291 e. The van der Waals surface area contributed by atoms with Gasteiger partial charge in [0.15, 0.2) is 0 Å². The summed E-state index contributed by atoms with van der Waals surface area (Å²) < 4.78 is 0.933. The topological polar surface area (TPSA) is 37.4 Å². The molecule has 5 heteroatoms. The molecule has 0 spiro atoms. The van der Waals surface area contributed by atoms with Crippen LogP contribution in [0.15, 0.2) is 15.9 Å². The van der Waals surface area contributed by atoms with Crippen molar-refractivity contribution in [1.29, 1.82) is 0 Å². The summed E-state index contributed by atoms with van der Waals surface area (Å²) in [4.78, 5) is 22.3. The Morgan fingerprint density at radius 1 is 1.67 bits per heavy atom. The summed E-state index contributed by atoms with van der Waals surface area (Å²) in [5.41, 5.74) is 0. The number of thiophene rings is 1. The zero-order valence-electron chi connectivity index (χ0n) is 6.28. The summed E-state index contributed by atoms with van der Waals surface area (Å²) >= 11 is 4.67. The zero-order chi connectivity index (χ0) is 9.14. The summed E-state index contributed by atoms with van der Waals surface area (Å²) in [5, 5.41) is 0.749. The van der Waals surface area contributed by atoms with Gasteiger partial charge in [-0.3, -0.25) is 9.59 Å². The van der Waals surface area contributed by atoms with Crippen LogP contribution in [-0.2, 0) is 9.59 Å². The van der Waals surface area contributed by atoms with Crippen LogP contribution in [-0.4, -0.2) is 19.2 Å². The Labute approximate surface area is 82.1 Å².